The Labute approximate surface area is 147 Å². The van der Waals surface area contributed by atoms with Crippen LogP contribution in [0.4, 0.5) is 4.39 Å². The zero-order chi connectivity index (χ0) is 16.3. The van der Waals surface area contributed by atoms with E-state index in [2.05, 4.69) is 20.9 Å². The van der Waals surface area contributed by atoms with Crippen molar-refractivity contribution in [2.24, 2.45) is 0 Å². The largest absolute Gasteiger partial charge is 0.381 e. The van der Waals surface area contributed by atoms with Gasteiger partial charge in [-0.05, 0) is 51.8 Å². The molecule has 23 heavy (non-hydrogen) atoms. The highest BCUT2D eigenvalue weighted by Gasteiger charge is 2.35. The zero-order valence-electron chi connectivity index (χ0n) is 12.7. The van der Waals surface area contributed by atoms with Crippen molar-refractivity contribution in [3.63, 3.8) is 0 Å². The molecule has 0 aliphatic carbocycles. The molecule has 0 saturated carbocycles. The van der Waals surface area contributed by atoms with E-state index in [9.17, 15) is 4.39 Å². The number of hydrogen-bond donors (Lipinski definition) is 0. The number of aromatic nitrogens is 1. The Kier molecular flexibility index (Phi) is 5.36. The zero-order valence-corrected chi connectivity index (χ0v) is 15.1. The van der Waals surface area contributed by atoms with Gasteiger partial charge in [-0.1, -0.05) is 11.8 Å². The smallest absolute Gasteiger partial charge is 0.124 e. The number of hydrogen-bond acceptors (Lipinski definition) is 4. The van der Waals surface area contributed by atoms with E-state index in [1.54, 1.807) is 19.4 Å². The third-order valence-electron chi connectivity index (χ3n) is 4.01. The molecular formula is C17H17BrFNO2S. The summed E-state index contributed by atoms with van der Waals surface area (Å²) in [4.78, 5) is 5.14. The van der Waals surface area contributed by atoms with Crippen molar-refractivity contribution in [1.82, 2.24) is 4.98 Å². The highest BCUT2D eigenvalue weighted by atomic mass is 79.9. The fourth-order valence-corrected chi connectivity index (χ4v) is 3.81. The number of ether oxygens (including phenoxy) is 2. The Balaban J connectivity index is 1.90. The van der Waals surface area contributed by atoms with Crippen molar-refractivity contribution < 1.29 is 13.9 Å². The van der Waals surface area contributed by atoms with E-state index in [-0.39, 0.29) is 5.82 Å². The minimum Gasteiger partial charge on any atom is -0.381 e. The van der Waals surface area contributed by atoms with Crippen LogP contribution in [-0.4, -0.2) is 25.3 Å². The van der Waals surface area contributed by atoms with Gasteiger partial charge in [-0.25, -0.2) is 9.37 Å². The average Bonchev–Trinajstić information content (AvgIpc) is 2.57. The lowest BCUT2D eigenvalue weighted by Crippen LogP contribution is -2.35. The molecule has 1 aromatic heterocycles. The van der Waals surface area contributed by atoms with Crippen LogP contribution >= 0.6 is 27.7 Å². The summed E-state index contributed by atoms with van der Waals surface area (Å²) in [7, 11) is 1.68. The molecule has 3 rings (SSSR count). The Hall–Kier alpha value is -0.950. The molecular weight excluding hydrogens is 381 g/mol. The fraction of sp³-hybridized carbons (Fsp3) is 0.353. The number of halogens is 2. The van der Waals surface area contributed by atoms with Gasteiger partial charge in [0.15, 0.2) is 0 Å². The lowest BCUT2D eigenvalue weighted by molar-refractivity contribution is -0.0950. The molecule has 122 valence electrons. The van der Waals surface area contributed by atoms with E-state index < -0.39 is 5.60 Å². The second kappa shape index (κ2) is 7.30. The quantitative estimate of drug-likeness (QED) is 0.742. The van der Waals surface area contributed by atoms with Crippen molar-refractivity contribution in [3.8, 4) is 0 Å². The molecule has 0 spiro atoms. The second-order valence-electron chi connectivity index (χ2n) is 5.40. The summed E-state index contributed by atoms with van der Waals surface area (Å²) in [6.07, 6.45) is 3.19. The summed E-state index contributed by atoms with van der Waals surface area (Å²) >= 11 is 4.80. The molecule has 1 aliphatic rings. The van der Waals surface area contributed by atoms with Gasteiger partial charge in [0.05, 0.1) is 5.60 Å². The molecule has 0 N–H and O–H groups in total. The topological polar surface area (TPSA) is 31.4 Å². The Bertz CT molecular complexity index is 675. The molecule has 1 aliphatic heterocycles. The highest BCUT2D eigenvalue weighted by molar-refractivity contribution is 9.10. The molecule has 2 heterocycles. The number of nitrogens with zero attached hydrogens (tertiary/aromatic N) is 1. The Morgan fingerprint density at radius 2 is 2.04 bits per heavy atom. The van der Waals surface area contributed by atoms with Crippen LogP contribution in [0.15, 0.2) is 50.9 Å². The fourth-order valence-electron chi connectivity index (χ4n) is 2.74. The van der Waals surface area contributed by atoms with Crippen molar-refractivity contribution in [1.29, 1.82) is 0 Å². The monoisotopic (exact) mass is 397 g/mol. The SMILES string of the molecule is COC1(c2cc(F)cc(Sc3ccc(Br)cn3)c2)CCOCC1. The maximum absolute atomic E-state index is 14.1. The molecule has 1 saturated heterocycles. The van der Waals surface area contributed by atoms with Gasteiger partial charge in [0.25, 0.3) is 0 Å². The minimum absolute atomic E-state index is 0.259. The number of rotatable bonds is 4. The van der Waals surface area contributed by atoms with Gasteiger partial charge in [-0.15, -0.1) is 0 Å². The molecule has 1 aromatic carbocycles. The molecule has 0 bridgehead atoms. The number of pyridine rings is 1. The molecule has 1 fully saturated rings. The standard InChI is InChI=1S/C17H17BrFNO2S/c1-21-17(4-6-22-7-5-17)12-8-14(19)10-15(9-12)23-16-3-2-13(18)11-20-16/h2-3,8-11H,4-7H2,1H3. The second-order valence-corrected chi connectivity index (χ2v) is 7.41. The van der Waals surface area contributed by atoms with Crippen LogP contribution in [0.2, 0.25) is 0 Å². The van der Waals surface area contributed by atoms with Gasteiger partial charge < -0.3 is 9.47 Å². The van der Waals surface area contributed by atoms with Crippen molar-refractivity contribution in [2.75, 3.05) is 20.3 Å². The van der Waals surface area contributed by atoms with Gasteiger partial charge in [0, 0.05) is 48.7 Å². The first-order valence-corrected chi connectivity index (χ1v) is 8.96. The summed E-state index contributed by atoms with van der Waals surface area (Å²) in [6, 6.07) is 8.91. The molecule has 0 radical (unpaired) electrons. The van der Waals surface area contributed by atoms with Gasteiger partial charge in [0.2, 0.25) is 0 Å². The Morgan fingerprint density at radius 1 is 1.26 bits per heavy atom. The summed E-state index contributed by atoms with van der Waals surface area (Å²) in [6.45, 7) is 1.25. The summed E-state index contributed by atoms with van der Waals surface area (Å²) < 4.78 is 26.2. The van der Waals surface area contributed by atoms with Crippen LogP contribution in [-0.2, 0) is 15.1 Å². The van der Waals surface area contributed by atoms with E-state index >= 15 is 0 Å². The van der Waals surface area contributed by atoms with E-state index in [1.807, 2.05) is 18.2 Å². The van der Waals surface area contributed by atoms with Crippen LogP contribution < -0.4 is 0 Å². The van der Waals surface area contributed by atoms with Gasteiger partial charge >= 0.3 is 0 Å². The van der Waals surface area contributed by atoms with Crippen LogP contribution in [0, 0.1) is 5.82 Å². The lowest BCUT2D eigenvalue weighted by Gasteiger charge is -2.36. The third kappa shape index (κ3) is 3.94. The molecule has 3 nitrogen and oxygen atoms in total. The van der Waals surface area contributed by atoms with Gasteiger partial charge in [-0.3, -0.25) is 0 Å². The summed E-state index contributed by atoms with van der Waals surface area (Å²) in [5.74, 6) is -0.259. The van der Waals surface area contributed by atoms with E-state index in [0.717, 1.165) is 32.8 Å². The maximum atomic E-state index is 14.1. The summed E-state index contributed by atoms with van der Waals surface area (Å²) in [5.41, 5.74) is 0.394. The molecule has 2 aromatic rings. The predicted octanol–water partition coefficient (Wildman–Crippen LogP) is 4.79. The van der Waals surface area contributed by atoms with Gasteiger partial charge in [-0.2, -0.15) is 0 Å². The first-order chi connectivity index (χ1) is 11.1. The van der Waals surface area contributed by atoms with E-state index in [0.29, 0.717) is 13.2 Å². The van der Waals surface area contributed by atoms with Crippen LogP contribution in [0.1, 0.15) is 18.4 Å². The Morgan fingerprint density at radius 3 is 2.70 bits per heavy atom. The molecule has 0 amide bonds. The average molecular weight is 398 g/mol. The predicted molar refractivity (Wildman–Crippen MR) is 91.2 cm³/mol. The van der Waals surface area contributed by atoms with Crippen molar-refractivity contribution in [3.05, 3.63) is 52.4 Å². The molecule has 0 atom stereocenters. The highest BCUT2D eigenvalue weighted by Crippen LogP contribution is 2.38. The maximum Gasteiger partial charge on any atom is 0.124 e. The van der Waals surface area contributed by atoms with Crippen molar-refractivity contribution in [2.45, 2.75) is 28.4 Å². The van der Waals surface area contributed by atoms with E-state index in [4.69, 9.17) is 9.47 Å². The van der Waals surface area contributed by atoms with E-state index in [1.165, 1.54) is 17.8 Å². The first-order valence-electron chi connectivity index (χ1n) is 7.35. The summed E-state index contributed by atoms with van der Waals surface area (Å²) in [5, 5.41) is 0.822. The third-order valence-corrected chi connectivity index (χ3v) is 5.40. The van der Waals surface area contributed by atoms with Gasteiger partial charge in [0.1, 0.15) is 10.8 Å². The number of methoxy groups -OCH3 is 1. The number of benzene rings is 1. The minimum atomic E-state index is -0.469. The van der Waals surface area contributed by atoms with Crippen molar-refractivity contribution >= 4 is 27.7 Å². The van der Waals surface area contributed by atoms with Crippen LogP contribution in [0.3, 0.4) is 0 Å². The first kappa shape index (κ1) is 16.9. The molecule has 6 heteroatoms. The molecule has 0 unspecified atom stereocenters. The van der Waals surface area contributed by atoms with Crippen LogP contribution in [0.25, 0.3) is 0 Å². The lowest BCUT2D eigenvalue weighted by atomic mass is 9.86. The van der Waals surface area contributed by atoms with Crippen LogP contribution in [0.5, 0.6) is 0 Å². The normalized spacial score (nSPS) is 17.2.